The molecule has 0 radical (unpaired) electrons. The number of aryl methyl sites for hydroxylation is 1. The van der Waals surface area contributed by atoms with Crippen LogP contribution in [0.15, 0.2) is 42.5 Å². The van der Waals surface area contributed by atoms with Crippen molar-refractivity contribution < 1.29 is 18.4 Å². The van der Waals surface area contributed by atoms with E-state index in [0.29, 0.717) is 29.2 Å². The highest BCUT2D eigenvalue weighted by Crippen LogP contribution is 2.25. The average molecular weight is 460 g/mol. The van der Waals surface area contributed by atoms with Crippen LogP contribution in [0, 0.1) is 36.8 Å². The van der Waals surface area contributed by atoms with Crippen LogP contribution in [0.5, 0.6) is 0 Å². The van der Waals surface area contributed by atoms with E-state index >= 15 is 0 Å². The summed E-state index contributed by atoms with van der Waals surface area (Å²) in [6, 6.07) is 11.9. The Morgan fingerprint density at radius 3 is 2.44 bits per heavy atom. The van der Waals surface area contributed by atoms with Gasteiger partial charge in [-0.2, -0.15) is 10.4 Å². The summed E-state index contributed by atoms with van der Waals surface area (Å²) in [5, 5.41) is 16.2. The first-order chi connectivity index (χ1) is 16.2. The summed E-state index contributed by atoms with van der Waals surface area (Å²) in [4.78, 5) is 28.8. The molecular weight excluding hydrogens is 442 g/mol. The third kappa shape index (κ3) is 4.19. The standard InChI is InChI=1S/C24H18F2N6O2/c1-12-22(13(2)32(31-12)11-15-5-3-14(10-27)4-6-15)30-24(34)17-8-21(23(28)33)29-20-9-19(26)18(25)7-16(17)20/h3-9H,11H2,1-2H3,(H2,28,33)(H,30,34). The molecule has 0 atom stereocenters. The van der Waals surface area contributed by atoms with E-state index in [0.717, 1.165) is 23.8 Å². The first-order valence-electron chi connectivity index (χ1n) is 10.1. The zero-order valence-corrected chi connectivity index (χ0v) is 18.2. The van der Waals surface area contributed by atoms with E-state index in [2.05, 4.69) is 21.5 Å². The summed E-state index contributed by atoms with van der Waals surface area (Å²) in [5.74, 6) is -3.89. The topological polar surface area (TPSA) is 127 Å². The van der Waals surface area contributed by atoms with Crippen molar-refractivity contribution in [2.24, 2.45) is 5.73 Å². The maximum absolute atomic E-state index is 13.9. The summed E-state index contributed by atoms with van der Waals surface area (Å²) >= 11 is 0. The van der Waals surface area contributed by atoms with Gasteiger partial charge in [-0.05, 0) is 43.7 Å². The van der Waals surface area contributed by atoms with Crippen molar-refractivity contribution >= 4 is 28.4 Å². The fraction of sp³-hybridized carbons (Fsp3) is 0.125. The minimum absolute atomic E-state index is 0.0293. The molecule has 0 aliphatic rings. The van der Waals surface area contributed by atoms with Gasteiger partial charge >= 0.3 is 0 Å². The molecule has 0 spiro atoms. The lowest BCUT2D eigenvalue weighted by Crippen LogP contribution is -2.18. The van der Waals surface area contributed by atoms with Gasteiger partial charge in [-0.15, -0.1) is 0 Å². The number of primary amides is 1. The molecule has 0 saturated carbocycles. The van der Waals surface area contributed by atoms with Crippen molar-refractivity contribution in [3.05, 3.63) is 87.9 Å². The highest BCUT2D eigenvalue weighted by atomic mass is 19.2. The highest BCUT2D eigenvalue weighted by molar-refractivity contribution is 6.14. The van der Waals surface area contributed by atoms with Gasteiger partial charge in [0.2, 0.25) is 0 Å². The zero-order chi connectivity index (χ0) is 24.6. The Kier molecular flexibility index (Phi) is 5.77. The Morgan fingerprint density at radius 2 is 1.79 bits per heavy atom. The first-order valence-corrected chi connectivity index (χ1v) is 10.1. The molecule has 0 aliphatic heterocycles. The number of hydrogen-bond donors (Lipinski definition) is 2. The predicted molar refractivity (Wildman–Crippen MR) is 120 cm³/mol. The van der Waals surface area contributed by atoms with Gasteiger partial charge in [0.05, 0.1) is 46.3 Å². The Balaban J connectivity index is 1.69. The number of anilines is 1. The van der Waals surface area contributed by atoms with Gasteiger partial charge in [0.15, 0.2) is 11.6 Å². The molecule has 4 aromatic rings. The summed E-state index contributed by atoms with van der Waals surface area (Å²) in [6.45, 7) is 3.89. The lowest BCUT2D eigenvalue weighted by Gasteiger charge is -2.11. The van der Waals surface area contributed by atoms with Crippen LogP contribution in [0.1, 0.15) is 43.4 Å². The molecule has 0 fully saturated rings. The average Bonchev–Trinajstić information content (AvgIpc) is 3.06. The van der Waals surface area contributed by atoms with Crippen molar-refractivity contribution in [1.29, 1.82) is 5.26 Å². The number of carbonyl (C=O) groups is 2. The Labute approximate surface area is 192 Å². The molecule has 0 aliphatic carbocycles. The summed E-state index contributed by atoms with van der Waals surface area (Å²) in [6.07, 6.45) is 0. The number of aromatic nitrogens is 3. The van der Waals surface area contributed by atoms with Gasteiger partial charge < -0.3 is 11.1 Å². The van der Waals surface area contributed by atoms with Gasteiger partial charge in [0.1, 0.15) is 5.69 Å². The molecule has 0 bridgehead atoms. The fourth-order valence-corrected chi connectivity index (χ4v) is 3.61. The van der Waals surface area contributed by atoms with E-state index < -0.39 is 23.4 Å². The lowest BCUT2D eigenvalue weighted by atomic mass is 10.1. The maximum atomic E-state index is 13.9. The Hall–Kier alpha value is -4.65. The number of amides is 2. The van der Waals surface area contributed by atoms with E-state index in [1.165, 1.54) is 0 Å². The minimum atomic E-state index is -1.16. The second kappa shape index (κ2) is 8.71. The van der Waals surface area contributed by atoms with Gasteiger partial charge in [-0.25, -0.2) is 13.8 Å². The van der Waals surface area contributed by atoms with Crippen LogP contribution < -0.4 is 11.1 Å². The van der Waals surface area contributed by atoms with Crippen molar-refractivity contribution in [3.63, 3.8) is 0 Å². The van der Waals surface area contributed by atoms with E-state index in [1.54, 1.807) is 30.7 Å². The molecule has 8 nitrogen and oxygen atoms in total. The third-order valence-electron chi connectivity index (χ3n) is 5.38. The van der Waals surface area contributed by atoms with Crippen molar-refractivity contribution in [3.8, 4) is 6.07 Å². The number of nitrogens with two attached hydrogens (primary N) is 1. The zero-order valence-electron chi connectivity index (χ0n) is 18.2. The molecular formula is C24H18F2N6O2. The van der Waals surface area contributed by atoms with Crippen molar-refractivity contribution in [2.75, 3.05) is 5.32 Å². The number of hydrogen-bond acceptors (Lipinski definition) is 5. The number of halogens is 2. The predicted octanol–water partition coefficient (Wildman–Crippen LogP) is 3.60. The number of nitrogens with one attached hydrogen (secondary N) is 1. The molecule has 10 heteroatoms. The summed E-state index contributed by atoms with van der Waals surface area (Å²) < 4.78 is 29.3. The lowest BCUT2D eigenvalue weighted by molar-refractivity contribution is 0.0996. The summed E-state index contributed by atoms with van der Waals surface area (Å²) in [5.41, 5.74) is 7.96. The van der Waals surface area contributed by atoms with Gasteiger partial charge in [-0.3, -0.25) is 14.3 Å². The van der Waals surface area contributed by atoms with E-state index in [-0.39, 0.29) is 22.2 Å². The highest BCUT2D eigenvalue weighted by Gasteiger charge is 2.21. The van der Waals surface area contributed by atoms with Crippen LogP contribution in [-0.2, 0) is 6.54 Å². The number of carbonyl (C=O) groups excluding carboxylic acids is 2. The van der Waals surface area contributed by atoms with Crippen molar-refractivity contribution in [1.82, 2.24) is 14.8 Å². The molecule has 34 heavy (non-hydrogen) atoms. The molecule has 4 rings (SSSR count). The van der Waals surface area contributed by atoms with Crippen LogP contribution in [0.4, 0.5) is 14.5 Å². The molecule has 0 saturated heterocycles. The van der Waals surface area contributed by atoms with Gasteiger partial charge in [0.25, 0.3) is 11.8 Å². The second-order valence-electron chi connectivity index (χ2n) is 7.67. The molecule has 170 valence electrons. The fourth-order valence-electron chi connectivity index (χ4n) is 3.61. The molecule has 2 amide bonds. The Morgan fingerprint density at radius 1 is 1.12 bits per heavy atom. The molecule has 0 unspecified atom stereocenters. The van der Waals surface area contributed by atoms with Crippen LogP contribution in [0.3, 0.4) is 0 Å². The van der Waals surface area contributed by atoms with Crippen LogP contribution in [0.2, 0.25) is 0 Å². The number of fused-ring (bicyclic) bond motifs is 1. The molecule has 2 heterocycles. The quantitative estimate of drug-likeness (QED) is 0.471. The number of nitrogens with zero attached hydrogens (tertiary/aromatic N) is 4. The van der Waals surface area contributed by atoms with E-state index in [1.807, 2.05) is 12.1 Å². The molecule has 2 aromatic heterocycles. The normalized spacial score (nSPS) is 10.8. The third-order valence-corrected chi connectivity index (χ3v) is 5.38. The SMILES string of the molecule is Cc1nn(Cc2ccc(C#N)cc2)c(C)c1NC(=O)c1cc(C(N)=O)nc2cc(F)c(F)cc12. The number of benzene rings is 2. The number of nitriles is 1. The van der Waals surface area contributed by atoms with Crippen LogP contribution in [0.25, 0.3) is 10.9 Å². The molecule has 3 N–H and O–H groups in total. The largest absolute Gasteiger partial charge is 0.364 e. The van der Waals surface area contributed by atoms with Gasteiger partial charge in [0, 0.05) is 11.5 Å². The van der Waals surface area contributed by atoms with E-state index in [9.17, 15) is 18.4 Å². The minimum Gasteiger partial charge on any atom is -0.364 e. The van der Waals surface area contributed by atoms with E-state index in [4.69, 9.17) is 11.0 Å². The monoisotopic (exact) mass is 460 g/mol. The number of rotatable bonds is 5. The van der Waals surface area contributed by atoms with Crippen LogP contribution in [-0.4, -0.2) is 26.6 Å². The summed E-state index contributed by atoms with van der Waals surface area (Å²) in [7, 11) is 0. The van der Waals surface area contributed by atoms with Crippen molar-refractivity contribution in [2.45, 2.75) is 20.4 Å². The maximum Gasteiger partial charge on any atom is 0.267 e. The molecule has 2 aromatic carbocycles. The Bertz CT molecular complexity index is 1500. The van der Waals surface area contributed by atoms with Crippen LogP contribution >= 0.6 is 0 Å². The van der Waals surface area contributed by atoms with Gasteiger partial charge in [-0.1, -0.05) is 12.1 Å². The smallest absolute Gasteiger partial charge is 0.267 e. The first kappa shape index (κ1) is 22.5. The number of pyridine rings is 1. The second-order valence-corrected chi connectivity index (χ2v) is 7.67.